The minimum atomic E-state index is 0. The Bertz CT molecular complexity index is 308. The summed E-state index contributed by atoms with van der Waals surface area (Å²) in [6, 6.07) is 21.3. The summed E-state index contributed by atoms with van der Waals surface area (Å²) in [7, 11) is 0. The van der Waals surface area contributed by atoms with Crippen LogP contribution in [0, 0.1) is 13.5 Å². The van der Waals surface area contributed by atoms with Crippen LogP contribution in [0.4, 0.5) is 0 Å². The molecule has 2 rings (SSSR count). The Kier molecular flexibility index (Phi) is 10.2. The average Bonchev–Trinajstić information content (AvgIpc) is 2.21. The smallest absolute Gasteiger partial charge is 0.358 e. The molecule has 0 atom stereocenters. The maximum absolute atomic E-state index is 3.00. The van der Waals surface area contributed by atoms with Crippen molar-refractivity contribution in [2.75, 3.05) is 0 Å². The molecule has 0 aliphatic rings. The third kappa shape index (κ3) is 4.82. The monoisotopic (exact) mass is 272 g/mol. The van der Waals surface area contributed by atoms with E-state index >= 15 is 0 Å². The van der Waals surface area contributed by atoms with Crippen molar-refractivity contribution < 1.29 is 0 Å². The van der Waals surface area contributed by atoms with Crippen LogP contribution >= 0.6 is 17.0 Å². The van der Waals surface area contributed by atoms with Gasteiger partial charge in [0.15, 0.2) is 0 Å². The molecule has 0 saturated heterocycles. The zero-order valence-electron chi connectivity index (χ0n) is 8.81. The van der Waals surface area contributed by atoms with Crippen LogP contribution in [0.15, 0.2) is 54.6 Å². The predicted octanol–water partition coefficient (Wildman–Crippen LogP) is 3.80. The normalized spacial score (nSPS) is 7.73. The van der Waals surface area contributed by atoms with Crippen molar-refractivity contribution in [3.8, 4) is 11.1 Å². The minimum absolute atomic E-state index is 0. The van der Waals surface area contributed by atoms with Crippen molar-refractivity contribution in [1.29, 1.82) is 0 Å². The van der Waals surface area contributed by atoms with E-state index in [-0.39, 0.29) is 47.5 Å². The number of hydrogen-bond donors (Lipinski definition) is 0. The predicted molar refractivity (Wildman–Crippen MR) is 73.2 cm³/mol. The van der Waals surface area contributed by atoms with E-state index in [2.05, 4.69) is 30.3 Å². The molecule has 2 aromatic rings. The van der Waals surface area contributed by atoms with Gasteiger partial charge in [-0.2, -0.15) is 30.3 Å². The molecular weight excluding hydrogens is 260 g/mol. The summed E-state index contributed by atoms with van der Waals surface area (Å²) in [6.07, 6.45) is 0. The Morgan fingerprint density at radius 2 is 1.20 bits per heavy atom. The fourth-order valence-electron chi connectivity index (χ4n) is 1.21. The molecule has 0 spiro atoms. The van der Waals surface area contributed by atoms with Gasteiger partial charge in [-0.25, -0.2) is 0 Å². The molecule has 0 saturated carbocycles. The van der Waals surface area contributed by atoms with Crippen molar-refractivity contribution in [2.45, 2.75) is 0 Å². The van der Waals surface area contributed by atoms with Gasteiger partial charge < -0.3 is 7.43 Å². The van der Waals surface area contributed by atoms with Gasteiger partial charge in [0, 0.05) is 0 Å². The second kappa shape index (κ2) is 8.95. The zero-order valence-corrected chi connectivity index (χ0v) is 11.9. The molecule has 0 N–H and O–H groups in total. The molecule has 0 amide bonds. The molecule has 0 aromatic heterocycles. The van der Waals surface area contributed by atoms with Crippen LogP contribution in [0.3, 0.4) is 0 Å². The van der Waals surface area contributed by atoms with E-state index in [0.717, 1.165) is 0 Å². The molecular formula is C13H13BrMg. The van der Waals surface area contributed by atoms with E-state index in [9.17, 15) is 0 Å². The van der Waals surface area contributed by atoms with E-state index in [4.69, 9.17) is 0 Å². The number of rotatable bonds is 1. The van der Waals surface area contributed by atoms with Crippen molar-refractivity contribution in [3.63, 3.8) is 0 Å². The standard InChI is InChI=1S/C12H9.CH3.BrH.Mg/c1-3-7-11(8-4-1)12-9-5-2-6-10-12;;;/h1,3-10H;1H3;1H;/q2*-1;;+2. The molecule has 15 heavy (non-hydrogen) atoms. The summed E-state index contributed by atoms with van der Waals surface area (Å²) in [5, 5.41) is 0. The van der Waals surface area contributed by atoms with Crippen LogP contribution in [0.1, 0.15) is 0 Å². The quantitative estimate of drug-likeness (QED) is 0.547. The average molecular weight is 273 g/mol. The number of benzene rings is 2. The maximum Gasteiger partial charge on any atom is 2.00 e. The van der Waals surface area contributed by atoms with Gasteiger partial charge in [0.2, 0.25) is 0 Å². The van der Waals surface area contributed by atoms with Gasteiger partial charge in [-0.15, -0.1) is 22.5 Å². The molecule has 0 aliphatic carbocycles. The Balaban J connectivity index is 0. The van der Waals surface area contributed by atoms with Gasteiger partial charge in [0.05, 0.1) is 0 Å². The summed E-state index contributed by atoms with van der Waals surface area (Å²) in [5.74, 6) is 0. The second-order valence-electron chi connectivity index (χ2n) is 2.65. The minimum Gasteiger partial charge on any atom is -0.358 e. The Morgan fingerprint density at radius 1 is 0.733 bits per heavy atom. The van der Waals surface area contributed by atoms with E-state index in [1.165, 1.54) is 11.1 Å². The summed E-state index contributed by atoms with van der Waals surface area (Å²) < 4.78 is 0. The van der Waals surface area contributed by atoms with Gasteiger partial charge in [-0.3, -0.25) is 0 Å². The molecule has 2 heteroatoms. The fourth-order valence-corrected chi connectivity index (χ4v) is 1.21. The SMILES string of the molecule is Br.[CH3-].[Mg+2].[c-]1ccc(-c2ccccc2)cc1. The van der Waals surface area contributed by atoms with Crippen LogP contribution < -0.4 is 0 Å². The van der Waals surface area contributed by atoms with Crippen LogP contribution in [-0.4, -0.2) is 23.1 Å². The first-order valence-corrected chi connectivity index (χ1v) is 3.98. The van der Waals surface area contributed by atoms with E-state index < -0.39 is 0 Å². The molecule has 0 heterocycles. The van der Waals surface area contributed by atoms with E-state index in [0.29, 0.717) is 0 Å². The second-order valence-corrected chi connectivity index (χ2v) is 2.65. The largest absolute Gasteiger partial charge is 2.00 e. The van der Waals surface area contributed by atoms with Gasteiger partial charge in [0.1, 0.15) is 0 Å². The van der Waals surface area contributed by atoms with Crippen molar-refractivity contribution in [3.05, 3.63) is 68.1 Å². The van der Waals surface area contributed by atoms with Crippen LogP contribution in [-0.2, 0) is 0 Å². The third-order valence-electron chi connectivity index (χ3n) is 1.83. The van der Waals surface area contributed by atoms with Gasteiger partial charge in [-0.1, -0.05) is 30.3 Å². The topological polar surface area (TPSA) is 0 Å². The summed E-state index contributed by atoms with van der Waals surface area (Å²) in [5.41, 5.74) is 2.50. The molecule has 2 aromatic carbocycles. The fraction of sp³-hybridized carbons (Fsp3) is 0. The van der Waals surface area contributed by atoms with Gasteiger partial charge in [0.25, 0.3) is 0 Å². The first-order chi connectivity index (χ1) is 5.97. The van der Waals surface area contributed by atoms with Gasteiger partial charge in [-0.05, 0) is 5.56 Å². The van der Waals surface area contributed by atoms with Crippen molar-refractivity contribution in [2.24, 2.45) is 0 Å². The Morgan fingerprint density at radius 3 is 1.73 bits per heavy atom. The first kappa shape index (κ1) is 17.1. The number of halogens is 1. The molecule has 74 valence electrons. The van der Waals surface area contributed by atoms with Crippen molar-refractivity contribution in [1.82, 2.24) is 0 Å². The van der Waals surface area contributed by atoms with Crippen LogP contribution in [0.25, 0.3) is 11.1 Å². The number of hydrogen-bond acceptors (Lipinski definition) is 0. The molecule has 0 nitrogen and oxygen atoms in total. The molecule has 0 fully saturated rings. The zero-order chi connectivity index (χ0) is 8.23. The first-order valence-electron chi connectivity index (χ1n) is 3.98. The Hall–Kier alpha value is -0.314. The van der Waals surface area contributed by atoms with Crippen LogP contribution in [0.2, 0.25) is 0 Å². The molecule has 0 radical (unpaired) electrons. The maximum atomic E-state index is 3.00. The van der Waals surface area contributed by atoms with Gasteiger partial charge >= 0.3 is 23.1 Å². The van der Waals surface area contributed by atoms with Crippen LogP contribution in [0.5, 0.6) is 0 Å². The summed E-state index contributed by atoms with van der Waals surface area (Å²) in [6.45, 7) is 0. The molecule has 0 bridgehead atoms. The third-order valence-corrected chi connectivity index (χ3v) is 1.83. The molecule has 0 aliphatic heterocycles. The van der Waals surface area contributed by atoms with Crippen molar-refractivity contribution >= 4 is 40.0 Å². The summed E-state index contributed by atoms with van der Waals surface area (Å²) in [4.78, 5) is 0. The molecule has 0 unspecified atom stereocenters. The summed E-state index contributed by atoms with van der Waals surface area (Å²) >= 11 is 0. The van der Waals surface area contributed by atoms with E-state index in [1.807, 2.05) is 30.3 Å². The van der Waals surface area contributed by atoms with E-state index in [1.54, 1.807) is 0 Å². The Labute approximate surface area is 119 Å².